The molecule has 0 aliphatic carbocycles. The van der Waals surface area contributed by atoms with Crippen molar-refractivity contribution >= 4 is 24.5 Å². The van der Waals surface area contributed by atoms with Crippen LogP contribution in [0.25, 0.3) is 0 Å². The smallest absolute Gasteiger partial charge is 0.458 e. The average Bonchev–Trinajstić information content (AvgIpc) is 2.84. The van der Waals surface area contributed by atoms with Gasteiger partial charge in [0.1, 0.15) is 11.6 Å². The van der Waals surface area contributed by atoms with Crippen LogP contribution in [0.3, 0.4) is 0 Å². The molecule has 136 valence electrons. The Hall–Kier alpha value is -1.86. The topological polar surface area (TPSA) is 84.9 Å². The molecule has 0 fully saturated rings. The molecule has 1 atom stereocenters. The maximum absolute atomic E-state index is 12.7. The first-order valence-corrected chi connectivity index (χ1v) is 8.47. The second kappa shape index (κ2) is 7.18. The Balaban J connectivity index is 2.23. The molecule has 1 aromatic carbocycles. The first-order valence-electron chi connectivity index (χ1n) is 8.47. The number of nitrogens with one attached hydrogen (secondary N) is 1. The first-order chi connectivity index (χ1) is 11.5. The summed E-state index contributed by atoms with van der Waals surface area (Å²) in [7, 11) is -1.02. The Morgan fingerprint density at radius 2 is 1.96 bits per heavy atom. The maximum Gasteiger partial charge on any atom is 0.492 e. The van der Waals surface area contributed by atoms with Gasteiger partial charge in [-0.15, -0.1) is 0 Å². The van der Waals surface area contributed by atoms with Crippen LogP contribution in [0.5, 0.6) is 0 Å². The highest BCUT2D eigenvalue weighted by Gasteiger charge is 2.33. The zero-order valence-electron chi connectivity index (χ0n) is 15.7. The second-order valence-electron chi connectivity index (χ2n) is 7.70. The molecule has 1 aromatic rings. The van der Waals surface area contributed by atoms with E-state index in [0.29, 0.717) is 23.2 Å². The van der Waals surface area contributed by atoms with Crippen LogP contribution in [-0.4, -0.2) is 35.7 Å². The molecule has 1 heterocycles. The molecule has 0 unspecified atom stereocenters. The zero-order chi connectivity index (χ0) is 18.9. The van der Waals surface area contributed by atoms with Gasteiger partial charge >= 0.3 is 13.1 Å². The number of esters is 1. The van der Waals surface area contributed by atoms with Gasteiger partial charge in [-0.3, -0.25) is 4.79 Å². The van der Waals surface area contributed by atoms with Crippen LogP contribution in [-0.2, 0) is 20.8 Å². The number of fused-ring (bicyclic) bond motifs is 1. The third kappa shape index (κ3) is 4.41. The SMILES string of the molecule is Cc1c(C(=O)N[C@H](C(=O)OC(C)(C)C)C(C)C)ccc2c1B(O)OC2. The predicted molar refractivity (Wildman–Crippen MR) is 95.5 cm³/mol. The summed E-state index contributed by atoms with van der Waals surface area (Å²) in [4.78, 5) is 25.1. The number of rotatable bonds is 4. The van der Waals surface area contributed by atoms with E-state index in [4.69, 9.17) is 9.39 Å². The Morgan fingerprint density at radius 1 is 1.32 bits per heavy atom. The van der Waals surface area contributed by atoms with Crippen LogP contribution in [0.15, 0.2) is 12.1 Å². The van der Waals surface area contributed by atoms with Crippen molar-refractivity contribution in [2.75, 3.05) is 0 Å². The van der Waals surface area contributed by atoms with Gasteiger partial charge in [-0.25, -0.2) is 4.79 Å². The summed E-state index contributed by atoms with van der Waals surface area (Å²) >= 11 is 0. The lowest BCUT2D eigenvalue weighted by Gasteiger charge is -2.26. The van der Waals surface area contributed by atoms with Crippen LogP contribution in [0.2, 0.25) is 0 Å². The number of amides is 1. The normalized spacial score (nSPS) is 15.1. The molecule has 1 aliphatic rings. The molecule has 2 N–H and O–H groups in total. The lowest BCUT2D eigenvalue weighted by Crippen LogP contribution is -2.47. The van der Waals surface area contributed by atoms with E-state index in [1.54, 1.807) is 39.8 Å². The van der Waals surface area contributed by atoms with Crippen LogP contribution in [0.4, 0.5) is 0 Å². The first kappa shape index (κ1) is 19.5. The molecule has 25 heavy (non-hydrogen) atoms. The summed E-state index contributed by atoms with van der Waals surface area (Å²) in [5, 5.41) is 12.7. The van der Waals surface area contributed by atoms with E-state index in [-0.39, 0.29) is 11.8 Å². The third-order valence-corrected chi connectivity index (χ3v) is 4.11. The summed E-state index contributed by atoms with van der Waals surface area (Å²) < 4.78 is 10.6. The summed E-state index contributed by atoms with van der Waals surface area (Å²) in [6.45, 7) is 11.2. The van der Waals surface area contributed by atoms with Crippen molar-refractivity contribution in [1.82, 2.24) is 5.32 Å². The van der Waals surface area contributed by atoms with E-state index < -0.39 is 24.7 Å². The van der Waals surface area contributed by atoms with Gasteiger partial charge in [0.05, 0.1) is 6.61 Å². The molecule has 0 radical (unpaired) electrons. The van der Waals surface area contributed by atoms with E-state index in [2.05, 4.69) is 5.32 Å². The molecular formula is C18H26BNO5. The fraction of sp³-hybridized carbons (Fsp3) is 0.556. The Bertz CT molecular complexity index is 681. The summed E-state index contributed by atoms with van der Waals surface area (Å²) in [5.41, 5.74) is 1.95. The van der Waals surface area contributed by atoms with Crippen LogP contribution in [0, 0.1) is 12.8 Å². The number of ether oxygens (including phenoxy) is 1. The molecule has 0 aromatic heterocycles. The number of benzene rings is 1. The van der Waals surface area contributed by atoms with Crippen molar-refractivity contribution in [3.05, 3.63) is 28.8 Å². The second-order valence-corrected chi connectivity index (χ2v) is 7.70. The number of carbonyl (C=O) groups is 2. The monoisotopic (exact) mass is 347 g/mol. The van der Waals surface area contributed by atoms with E-state index in [1.165, 1.54) is 0 Å². The third-order valence-electron chi connectivity index (χ3n) is 4.11. The van der Waals surface area contributed by atoms with Crippen molar-refractivity contribution in [2.24, 2.45) is 5.92 Å². The lowest BCUT2D eigenvalue weighted by molar-refractivity contribution is -0.158. The Morgan fingerprint density at radius 3 is 2.52 bits per heavy atom. The van der Waals surface area contributed by atoms with Gasteiger partial charge < -0.3 is 19.7 Å². The van der Waals surface area contributed by atoms with Crippen LogP contribution >= 0.6 is 0 Å². The molecule has 2 rings (SSSR count). The van der Waals surface area contributed by atoms with E-state index in [1.807, 2.05) is 13.8 Å². The molecule has 0 bridgehead atoms. The minimum absolute atomic E-state index is 0.123. The van der Waals surface area contributed by atoms with Gasteiger partial charge in [0.2, 0.25) is 0 Å². The zero-order valence-corrected chi connectivity index (χ0v) is 15.7. The summed E-state index contributed by atoms with van der Waals surface area (Å²) in [5.74, 6) is -0.954. The molecule has 7 heteroatoms. The molecule has 0 saturated carbocycles. The van der Waals surface area contributed by atoms with Crippen LogP contribution in [0.1, 0.15) is 56.1 Å². The van der Waals surface area contributed by atoms with Crippen molar-refractivity contribution in [1.29, 1.82) is 0 Å². The Kier molecular flexibility index (Phi) is 5.59. The lowest BCUT2D eigenvalue weighted by atomic mass is 9.75. The largest absolute Gasteiger partial charge is 0.492 e. The number of carbonyl (C=O) groups excluding carboxylic acids is 2. The van der Waals surface area contributed by atoms with Crippen molar-refractivity contribution < 1.29 is 24.0 Å². The number of hydrogen-bond donors (Lipinski definition) is 2. The highest BCUT2D eigenvalue weighted by Crippen LogP contribution is 2.18. The molecule has 0 saturated heterocycles. The highest BCUT2D eigenvalue weighted by atomic mass is 16.6. The minimum atomic E-state index is -1.02. The van der Waals surface area contributed by atoms with Gasteiger partial charge in [0, 0.05) is 5.56 Å². The summed E-state index contributed by atoms with van der Waals surface area (Å²) in [6, 6.07) is 2.71. The van der Waals surface area contributed by atoms with E-state index >= 15 is 0 Å². The number of hydrogen-bond acceptors (Lipinski definition) is 5. The minimum Gasteiger partial charge on any atom is -0.458 e. The van der Waals surface area contributed by atoms with E-state index in [9.17, 15) is 14.6 Å². The molecule has 0 spiro atoms. The molecule has 1 aliphatic heterocycles. The van der Waals surface area contributed by atoms with Gasteiger partial charge in [0.15, 0.2) is 0 Å². The standard InChI is InChI=1S/C18H26BNO5/c1-10(2)15(17(22)25-18(4,5)6)20-16(21)13-8-7-12-9-24-19(23)14(12)11(13)3/h7-8,10,15,23H,9H2,1-6H3,(H,20,21)/t15-/m0/s1. The fourth-order valence-corrected chi connectivity index (χ4v) is 2.83. The van der Waals surface area contributed by atoms with Gasteiger partial charge in [-0.1, -0.05) is 19.9 Å². The van der Waals surface area contributed by atoms with Crippen molar-refractivity contribution in [3.63, 3.8) is 0 Å². The average molecular weight is 347 g/mol. The van der Waals surface area contributed by atoms with Gasteiger partial charge in [-0.05, 0) is 56.3 Å². The van der Waals surface area contributed by atoms with Crippen molar-refractivity contribution in [3.8, 4) is 0 Å². The Labute approximate surface area is 149 Å². The quantitative estimate of drug-likeness (QED) is 0.634. The van der Waals surface area contributed by atoms with Crippen molar-refractivity contribution in [2.45, 2.75) is 59.8 Å². The van der Waals surface area contributed by atoms with Gasteiger partial charge in [0.25, 0.3) is 5.91 Å². The van der Waals surface area contributed by atoms with E-state index in [0.717, 1.165) is 5.56 Å². The predicted octanol–water partition coefficient (Wildman–Crippen LogP) is 1.31. The van der Waals surface area contributed by atoms with Gasteiger partial charge in [-0.2, -0.15) is 0 Å². The molecule has 1 amide bonds. The maximum atomic E-state index is 12.7. The molecular weight excluding hydrogens is 321 g/mol. The van der Waals surface area contributed by atoms with Crippen LogP contribution < -0.4 is 10.8 Å². The summed E-state index contributed by atoms with van der Waals surface area (Å²) in [6.07, 6.45) is 0. The highest BCUT2D eigenvalue weighted by molar-refractivity contribution is 6.62. The molecule has 6 nitrogen and oxygen atoms in total. The fourth-order valence-electron chi connectivity index (χ4n) is 2.83.